The maximum Gasteiger partial charge on any atom is 0.336 e. The summed E-state index contributed by atoms with van der Waals surface area (Å²) in [6.07, 6.45) is 2.08. The number of hydrogen-bond acceptors (Lipinski definition) is 2. The summed E-state index contributed by atoms with van der Waals surface area (Å²) in [6, 6.07) is 3.18. The molecule has 80 valence electrons. The van der Waals surface area contributed by atoms with Crippen molar-refractivity contribution >= 4 is 27.6 Å². The fraction of sp³-hybridized carbons (Fsp3) is 0.300. The van der Waals surface area contributed by atoms with Gasteiger partial charge in [-0.3, -0.25) is 0 Å². The van der Waals surface area contributed by atoms with Crippen molar-refractivity contribution in [2.75, 3.05) is 5.32 Å². The molecule has 0 heterocycles. The van der Waals surface area contributed by atoms with Crippen LogP contribution in [0.2, 0.25) is 0 Å². The van der Waals surface area contributed by atoms with Gasteiger partial charge >= 0.3 is 5.97 Å². The molecule has 5 heteroatoms. The molecule has 1 aliphatic rings. The Kier molecular flexibility index (Phi) is 2.65. The molecular formula is C10H9BrFNO2. The second-order valence-electron chi connectivity index (χ2n) is 3.51. The molecule has 0 amide bonds. The summed E-state index contributed by atoms with van der Waals surface area (Å²) >= 11 is 2.95. The van der Waals surface area contributed by atoms with Crippen LogP contribution in [0.15, 0.2) is 16.6 Å². The van der Waals surface area contributed by atoms with Gasteiger partial charge in [0, 0.05) is 6.04 Å². The standard InChI is InChI=1S/C10H9BrFNO2/c11-8-6(10(14)15)3-4-7(9(8)12)13-5-1-2-5/h3-5,13H,1-2H2,(H,14,15). The van der Waals surface area contributed by atoms with E-state index < -0.39 is 11.8 Å². The van der Waals surface area contributed by atoms with Crippen LogP contribution in [0.5, 0.6) is 0 Å². The lowest BCUT2D eigenvalue weighted by molar-refractivity contribution is 0.0695. The van der Waals surface area contributed by atoms with Crippen LogP contribution >= 0.6 is 15.9 Å². The molecular weight excluding hydrogens is 265 g/mol. The Morgan fingerprint density at radius 3 is 2.73 bits per heavy atom. The van der Waals surface area contributed by atoms with Crippen molar-refractivity contribution in [3.8, 4) is 0 Å². The summed E-state index contributed by atoms with van der Waals surface area (Å²) in [4.78, 5) is 10.7. The monoisotopic (exact) mass is 273 g/mol. The molecule has 1 aromatic carbocycles. The SMILES string of the molecule is O=C(O)c1ccc(NC2CC2)c(F)c1Br. The minimum absolute atomic E-state index is 0.000602. The molecule has 1 fully saturated rings. The molecule has 0 atom stereocenters. The van der Waals surface area contributed by atoms with E-state index in [0.29, 0.717) is 11.7 Å². The molecule has 0 aliphatic heterocycles. The summed E-state index contributed by atoms with van der Waals surface area (Å²) in [5.41, 5.74) is 0.295. The maximum absolute atomic E-state index is 13.6. The highest BCUT2D eigenvalue weighted by Crippen LogP contribution is 2.31. The predicted octanol–water partition coefficient (Wildman–Crippen LogP) is 2.86. The van der Waals surface area contributed by atoms with Crippen molar-refractivity contribution in [3.05, 3.63) is 28.0 Å². The van der Waals surface area contributed by atoms with Crippen LogP contribution in [0.4, 0.5) is 10.1 Å². The molecule has 2 N–H and O–H groups in total. The Labute approximate surface area is 94.4 Å². The van der Waals surface area contributed by atoms with Crippen LogP contribution in [0, 0.1) is 5.82 Å². The molecule has 15 heavy (non-hydrogen) atoms. The lowest BCUT2D eigenvalue weighted by Crippen LogP contribution is -2.06. The summed E-state index contributed by atoms with van der Waals surface area (Å²) in [5, 5.41) is 11.8. The first-order valence-corrected chi connectivity index (χ1v) is 5.36. The average molecular weight is 274 g/mol. The van der Waals surface area contributed by atoms with Gasteiger partial charge < -0.3 is 10.4 Å². The largest absolute Gasteiger partial charge is 0.478 e. The topological polar surface area (TPSA) is 49.3 Å². The first-order valence-electron chi connectivity index (χ1n) is 4.57. The van der Waals surface area contributed by atoms with Gasteiger partial charge in [-0.25, -0.2) is 9.18 Å². The van der Waals surface area contributed by atoms with Gasteiger partial charge in [-0.1, -0.05) is 0 Å². The van der Waals surface area contributed by atoms with E-state index in [1.165, 1.54) is 12.1 Å². The van der Waals surface area contributed by atoms with Crippen LogP contribution in [0.25, 0.3) is 0 Å². The summed E-state index contributed by atoms with van der Waals surface area (Å²) in [6.45, 7) is 0. The van der Waals surface area contributed by atoms with E-state index >= 15 is 0 Å². The van der Waals surface area contributed by atoms with Gasteiger partial charge in [0.05, 0.1) is 15.7 Å². The zero-order valence-electron chi connectivity index (χ0n) is 7.76. The summed E-state index contributed by atoms with van der Waals surface area (Å²) in [5.74, 6) is -1.68. The van der Waals surface area contributed by atoms with E-state index in [0.717, 1.165) is 12.8 Å². The van der Waals surface area contributed by atoms with E-state index in [2.05, 4.69) is 21.2 Å². The third-order valence-electron chi connectivity index (χ3n) is 2.25. The Hall–Kier alpha value is -1.10. The van der Waals surface area contributed by atoms with Gasteiger partial charge in [0.15, 0.2) is 5.82 Å². The first-order chi connectivity index (χ1) is 7.09. The Morgan fingerprint density at radius 2 is 2.20 bits per heavy atom. The van der Waals surface area contributed by atoms with Crippen molar-refractivity contribution < 1.29 is 14.3 Å². The minimum atomic E-state index is -1.14. The number of nitrogens with one attached hydrogen (secondary N) is 1. The fourth-order valence-corrected chi connectivity index (χ4v) is 1.79. The average Bonchev–Trinajstić information content (AvgIpc) is 2.96. The van der Waals surface area contributed by atoms with Crippen LogP contribution in [0.3, 0.4) is 0 Å². The second-order valence-corrected chi connectivity index (χ2v) is 4.31. The Bertz CT molecular complexity index is 418. The number of carbonyl (C=O) groups is 1. The van der Waals surface area contributed by atoms with Crippen molar-refractivity contribution in [1.82, 2.24) is 0 Å². The van der Waals surface area contributed by atoms with E-state index in [1.54, 1.807) is 0 Å². The molecule has 0 aromatic heterocycles. The third-order valence-corrected chi connectivity index (χ3v) is 3.02. The summed E-state index contributed by atoms with van der Waals surface area (Å²) in [7, 11) is 0. The number of rotatable bonds is 3. The Balaban J connectivity index is 2.34. The normalized spacial score (nSPS) is 15.1. The van der Waals surface area contributed by atoms with Crippen LogP contribution < -0.4 is 5.32 Å². The van der Waals surface area contributed by atoms with E-state index in [4.69, 9.17) is 5.11 Å². The number of carboxylic acids is 1. The van der Waals surface area contributed by atoms with Gasteiger partial charge in [0.2, 0.25) is 0 Å². The highest BCUT2D eigenvalue weighted by Gasteiger charge is 2.23. The molecule has 0 radical (unpaired) electrons. The van der Waals surface area contributed by atoms with Gasteiger partial charge in [-0.2, -0.15) is 0 Å². The number of aromatic carboxylic acids is 1. The van der Waals surface area contributed by atoms with Crippen LogP contribution in [0.1, 0.15) is 23.2 Å². The maximum atomic E-state index is 13.6. The zero-order valence-corrected chi connectivity index (χ0v) is 9.34. The highest BCUT2D eigenvalue weighted by atomic mass is 79.9. The van der Waals surface area contributed by atoms with Crippen molar-refractivity contribution in [1.29, 1.82) is 0 Å². The zero-order chi connectivity index (χ0) is 11.0. The first kappa shape index (κ1) is 10.4. The molecule has 0 saturated heterocycles. The predicted molar refractivity (Wildman–Crippen MR) is 57.7 cm³/mol. The lowest BCUT2D eigenvalue weighted by atomic mass is 10.2. The number of carboxylic acid groups (broad SMARTS) is 1. The smallest absolute Gasteiger partial charge is 0.336 e. The molecule has 0 bridgehead atoms. The number of hydrogen-bond donors (Lipinski definition) is 2. The molecule has 3 nitrogen and oxygen atoms in total. The minimum Gasteiger partial charge on any atom is -0.478 e. The van der Waals surface area contributed by atoms with Gasteiger partial charge in [-0.15, -0.1) is 0 Å². The molecule has 0 spiro atoms. The van der Waals surface area contributed by atoms with Crippen LogP contribution in [-0.2, 0) is 0 Å². The van der Waals surface area contributed by atoms with E-state index in [1.807, 2.05) is 0 Å². The van der Waals surface area contributed by atoms with Crippen molar-refractivity contribution in [2.24, 2.45) is 0 Å². The number of benzene rings is 1. The quantitative estimate of drug-likeness (QED) is 0.891. The fourth-order valence-electron chi connectivity index (χ4n) is 1.27. The van der Waals surface area contributed by atoms with Gasteiger partial charge in [0.25, 0.3) is 0 Å². The lowest BCUT2D eigenvalue weighted by Gasteiger charge is -2.08. The van der Waals surface area contributed by atoms with Crippen molar-refractivity contribution in [2.45, 2.75) is 18.9 Å². The van der Waals surface area contributed by atoms with Crippen LogP contribution in [-0.4, -0.2) is 17.1 Å². The summed E-state index contributed by atoms with van der Waals surface area (Å²) < 4.78 is 13.6. The van der Waals surface area contributed by atoms with Crippen molar-refractivity contribution in [3.63, 3.8) is 0 Å². The van der Waals surface area contributed by atoms with Gasteiger partial charge in [0.1, 0.15) is 0 Å². The molecule has 1 aliphatic carbocycles. The van der Waals surface area contributed by atoms with E-state index in [-0.39, 0.29) is 10.0 Å². The van der Waals surface area contributed by atoms with Gasteiger partial charge in [-0.05, 0) is 40.9 Å². The molecule has 0 unspecified atom stereocenters. The highest BCUT2D eigenvalue weighted by molar-refractivity contribution is 9.10. The second kappa shape index (κ2) is 3.81. The van der Waals surface area contributed by atoms with E-state index in [9.17, 15) is 9.18 Å². The molecule has 2 rings (SSSR count). The molecule has 1 aromatic rings. The number of halogens is 2. The third kappa shape index (κ3) is 2.12. The Morgan fingerprint density at radius 1 is 1.53 bits per heavy atom. The molecule has 1 saturated carbocycles. The number of anilines is 1.